The Hall–Kier alpha value is -0.290. The van der Waals surface area contributed by atoms with Gasteiger partial charge in [0.15, 0.2) is 0 Å². The maximum absolute atomic E-state index is 13.5. The monoisotopic (exact) mass is 300 g/mol. The minimum Gasteiger partial charge on any atom is -0.320 e. The van der Waals surface area contributed by atoms with E-state index in [9.17, 15) is 13.3 Å². The van der Waals surface area contributed by atoms with Crippen LogP contribution in [0.1, 0.15) is 5.56 Å². The molecule has 15 heavy (non-hydrogen) atoms. The number of hydrogen-bond donors (Lipinski definition) is 1. The molecule has 1 atom stereocenters. The highest BCUT2D eigenvalue weighted by Gasteiger charge is 2.52. The molecule has 7 heteroatoms. The van der Waals surface area contributed by atoms with Crippen LogP contribution >= 0.6 is 23.5 Å². The molecule has 3 nitrogen and oxygen atoms in total. The van der Waals surface area contributed by atoms with Crippen LogP contribution in [-0.4, -0.2) is 10.4 Å². The van der Waals surface area contributed by atoms with Gasteiger partial charge in [-0.15, -0.1) is 0 Å². The zero-order chi connectivity index (χ0) is 11.5. The van der Waals surface area contributed by atoms with Crippen LogP contribution in [0.25, 0.3) is 0 Å². The van der Waals surface area contributed by atoms with E-state index < -0.39 is 24.3 Å². The molecule has 0 fully saturated rings. The molecule has 0 radical (unpaired) electrons. The summed E-state index contributed by atoms with van der Waals surface area (Å²) in [7, 11) is -5.00. The lowest BCUT2D eigenvalue weighted by atomic mass is 10.2. The number of halogens is 3. The van der Waals surface area contributed by atoms with Gasteiger partial charge >= 0.3 is 13.3 Å². The first-order valence-electron chi connectivity index (χ1n) is 3.88. The van der Waals surface area contributed by atoms with Crippen molar-refractivity contribution in [2.45, 2.75) is 5.66 Å². The maximum Gasteiger partial charge on any atom is 0.402 e. The molecule has 0 bridgehead atoms. The van der Waals surface area contributed by atoms with Crippen LogP contribution < -0.4 is 0 Å². The van der Waals surface area contributed by atoms with Gasteiger partial charge < -0.3 is 4.89 Å². The average Bonchev–Trinajstić information content (AvgIpc) is 2.19. The topological polar surface area (TPSA) is 46.5 Å². The van der Waals surface area contributed by atoms with E-state index in [1.807, 2.05) is 0 Å². The van der Waals surface area contributed by atoms with Gasteiger partial charge in [-0.3, -0.25) is 9.09 Å². The molecule has 0 aliphatic heterocycles. The summed E-state index contributed by atoms with van der Waals surface area (Å²) in [5, 5.41) is 0. The third kappa shape index (κ3) is 2.64. The Morgan fingerprint density at radius 3 is 2.40 bits per heavy atom. The van der Waals surface area contributed by atoms with Crippen LogP contribution in [-0.2, 0) is 14.8 Å². The van der Waals surface area contributed by atoms with Crippen molar-refractivity contribution in [1.82, 2.24) is 0 Å². The summed E-state index contributed by atoms with van der Waals surface area (Å²) in [6.45, 7) is 0. The summed E-state index contributed by atoms with van der Waals surface area (Å²) in [6, 6.07) is 6.39. The van der Waals surface area contributed by atoms with Crippen LogP contribution in [0.2, 0.25) is 0 Å². The molecule has 0 saturated carbocycles. The van der Waals surface area contributed by atoms with Crippen molar-refractivity contribution in [3.63, 3.8) is 0 Å². The first-order chi connectivity index (χ1) is 6.92. The number of hydrogen-bond acceptors (Lipinski definition) is 2. The third-order valence-electron chi connectivity index (χ3n) is 1.70. The molecule has 0 saturated heterocycles. The molecule has 1 N–H and O–H groups in total. The molecule has 0 spiro atoms. The zero-order valence-electron chi connectivity index (χ0n) is 7.44. The minimum absolute atomic E-state index is 0.427. The second kappa shape index (κ2) is 4.70. The summed E-state index contributed by atoms with van der Waals surface area (Å²) >= 11 is 2.66. The lowest BCUT2D eigenvalue weighted by molar-refractivity contribution is 0.0500. The fourth-order valence-electron chi connectivity index (χ4n) is 0.949. The normalized spacial score (nSPS) is 16.0. The second-order valence-corrected chi connectivity index (χ2v) is 4.98. The van der Waals surface area contributed by atoms with Crippen LogP contribution in [0.15, 0.2) is 30.3 Å². The molecule has 84 valence electrons. The molecule has 0 aliphatic carbocycles. The largest absolute Gasteiger partial charge is 0.402 e. The average molecular weight is 301 g/mol. The predicted molar refractivity (Wildman–Crippen MR) is 55.0 cm³/mol. The van der Waals surface area contributed by atoms with Gasteiger partial charge in [0.2, 0.25) is 0 Å². The van der Waals surface area contributed by atoms with Crippen LogP contribution in [0.3, 0.4) is 0 Å². The number of rotatable bonds is 4. The Kier molecular flexibility index (Phi) is 4.00. The van der Waals surface area contributed by atoms with Crippen molar-refractivity contribution in [2.75, 3.05) is 5.52 Å². The molecule has 0 aliphatic rings. The fourth-order valence-corrected chi connectivity index (χ4v) is 2.55. The van der Waals surface area contributed by atoms with Crippen molar-refractivity contribution in [2.24, 2.45) is 0 Å². The Labute approximate surface area is 93.7 Å². The number of benzene rings is 1. The quantitative estimate of drug-likeness (QED) is 0.685. The van der Waals surface area contributed by atoms with E-state index in [0.717, 1.165) is 12.1 Å². The smallest absolute Gasteiger partial charge is 0.320 e. The number of alkyl halides is 3. The molecule has 1 aromatic carbocycles. The fraction of sp³-hybridized carbons (Fsp3) is 0.250. The Morgan fingerprint density at radius 1 is 1.40 bits per heavy atom. The van der Waals surface area contributed by atoms with Gasteiger partial charge in [0.05, 0.1) is 0 Å². The molecule has 0 heterocycles. The van der Waals surface area contributed by atoms with Gasteiger partial charge in [0.1, 0.15) is 5.52 Å². The van der Waals surface area contributed by atoms with Gasteiger partial charge in [-0.2, -0.15) is 8.78 Å². The summed E-state index contributed by atoms with van der Waals surface area (Å²) in [4.78, 5) is 9.05. The van der Waals surface area contributed by atoms with Crippen molar-refractivity contribution in [1.29, 1.82) is 0 Å². The molecule has 0 amide bonds. The molecule has 0 aromatic heterocycles. The van der Waals surface area contributed by atoms with Gasteiger partial charge in [0, 0.05) is 5.56 Å². The van der Waals surface area contributed by atoms with E-state index in [2.05, 4.69) is 20.5 Å². The van der Waals surface area contributed by atoms with E-state index in [-0.39, 0.29) is 0 Å². The third-order valence-corrected chi connectivity index (χ3v) is 3.73. The van der Waals surface area contributed by atoms with Gasteiger partial charge in [0.25, 0.3) is 0 Å². The Bertz CT molecular complexity index is 371. The SMILES string of the molecule is O=P(O)(OCBr)C(F)(F)c1ccccc1. The lowest BCUT2D eigenvalue weighted by Gasteiger charge is -2.21. The summed E-state index contributed by atoms with van der Waals surface area (Å²) in [6.07, 6.45) is 0. The van der Waals surface area contributed by atoms with E-state index in [4.69, 9.17) is 4.89 Å². The minimum atomic E-state index is -5.00. The molecule has 1 unspecified atom stereocenters. The second-order valence-electron chi connectivity index (χ2n) is 2.67. The zero-order valence-corrected chi connectivity index (χ0v) is 9.92. The van der Waals surface area contributed by atoms with E-state index >= 15 is 0 Å². The standard InChI is InChI=1S/C8H8BrF2O3P/c9-6-14-15(12,13)8(10,11)7-4-2-1-3-5-7/h1-5H,6H2,(H,12,13). The summed E-state index contributed by atoms with van der Waals surface area (Å²) < 4.78 is 42.2. The van der Waals surface area contributed by atoms with Crippen molar-refractivity contribution in [3.05, 3.63) is 35.9 Å². The van der Waals surface area contributed by atoms with Gasteiger partial charge in [-0.1, -0.05) is 46.3 Å². The highest BCUT2D eigenvalue weighted by Crippen LogP contribution is 2.63. The summed E-state index contributed by atoms with van der Waals surface area (Å²) in [5.74, 6) is 0. The molecular weight excluding hydrogens is 293 g/mol. The predicted octanol–water partition coefficient (Wildman–Crippen LogP) is 3.29. The molecular formula is C8H8BrF2O3P. The molecule has 1 aromatic rings. The van der Waals surface area contributed by atoms with Crippen molar-refractivity contribution in [3.8, 4) is 0 Å². The van der Waals surface area contributed by atoms with Crippen molar-refractivity contribution >= 4 is 23.5 Å². The van der Waals surface area contributed by atoms with Crippen LogP contribution in [0.4, 0.5) is 8.78 Å². The highest BCUT2D eigenvalue weighted by atomic mass is 79.9. The van der Waals surface area contributed by atoms with Crippen molar-refractivity contribution < 1.29 is 22.8 Å². The highest BCUT2D eigenvalue weighted by molar-refractivity contribution is 9.09. The van der Waals surface area contributed by atoms with E-state index in [0.29, 0.717) is 0 Å². The first kappa shape index (κ1) is 12.8. The lowest BCUT2D eigenvalue weighted by Crippen LogP contribution is -2.15. The van der Waals surface area contributed by atoms with Crippen LogP contribution in [0.5, 0.6) is 0 Å². The molecule has 1 rings (SSSR count). The summed E-state index contributed by atoms with van der Waals surface area (Å²) in [5.41, 5.74) is -4.87. The van der Waals surface area contributed by atoms with Crippen LogP contribution in [0, 0.1) is 0 Å². The van der Waals surface area contributed by atoms with E-state index in [1.54, 1.807) is 0 Å². The van der Waals surface area contributed by atoms with Gasteiger partial charge in [-0.05, 0) is 0 Å². The Morgan fingerprint density at radius 2 is 1.93 bits per heavy atom. The Balaban J connectivity index is 3.07. The van der Waals surface area contributed by atoms with E-state index in [1.165, 1.54) is 18.2 Å². The first-order valence-corrected chi connectivity index (χ1v) is 6.58. The maximum atomic E-state index is 13.5. The van der Waals surface area contributed by atoms with Gasteiger partial charge in [-0.25, -0.2) is 0 Å².